The van der Waals surface area contributed by atoms with Gasteiger partial charge in [-0.25, -0.2) is 0 Å². The molecule has 0 spiro atoms. The van der Waals surface area contributed by atoms with Crippen molar-refractivity contribution in [2.45, 2.75) is 0 Å². The molecule has 0 aliphatic rings. The molecule has 0 fully saturated rings. The number of aromatic nitrogens is 2. The Hall–Kier alpha value is -2.95. The van der Waals surface area contributed by atoms with Crippen LogP contribution in [0.4, 0.5) is 5.69 Å². The van der Waals surface area contributed by atoms with Gasteiger partial charge >= 0.3 is 0 Å². The minimum Gasteiger partial charge on any atom is -0.497 e. The van der Waals surface area contributed by atoms with Crippen molar-refractivity contribution in [3.05, 3.63) is 60.6 Å². The molecule has 0 saturated heterocycles. The third kappa shape index (κ3) is 2.81. The van der Waals surface area contributed by atoms with Gasteiger partial charge in [-0.05, 0) is 30.3 Å². The van der Waals surface area contributed by atoms with Crippen LogP contribution in [0.5, 0.6) is 5.75 Å². The molecule has 0 aliphatic carbocycles. The lowest BCUT2D eigenvalue weighted by molar-refractivity contribution is 0.102. The maximum atomic E-state index is 12.1. The number of nitrogens with zero attached hydrogens (tertiary/aromatic N) is 2. The summed E-state index contributed by atoms with van der Waals surface area (Å²) in [7, 11) is 1.62. The molecule has 3 rings (SSSR count). The number of pyridine rings is 2. The van der Waals surface area contributed by atoms with E-state index in [-0.39, 0.29) is 5.91 Å². The molecule has 21 heavy (non-hydrogen) atoms. The summed E-state index contributed by atoms with van der Waals surface area (Å²) in [5, 5.41) is 3.75. The first kappa shape index (κ1) is 13.1. The van der Waals surface area contributed by atoms with Crippen molar-refractivity contribution in [2.24, 2.45) is 0 Å². The van der Waals surface area contributed by atoms with Crippen molar-refractivity contribution in [1.29, 1.82) is 0 Å². The SMILES string of the molecule is COc1ccc2cc(NC(=O)c3ccncc3)cnc2c1. The minimum atomic E-state index is -0.188. The lowest BCUT2D eigenvalue weighted by Crippen LogP contribution is -2.11. The summed E-state index contributed by atoms with van der Waals surface area (Å²) in [6.45, 7) is 0. The lowest BCUT2D eigenvalue weighted by atomic mass is 10.2. The fraction of sp³-hybridized carbons (Fsp3) is 0.0625. The largest absolute Gasteiger partial charge is 0.497 e. The van der Waals surface area contributed by atoms with Crippen molar-refractivity contribution >= 4 is 22.5 Å². The fourth-order valence-corrected chi connectivity index (χ4v) is 2.00. The molecule has 0 aliphatic heterocycles. The molecule has 104 valence electrons. The summed E-state index contributed by atoms with van der Waals surface area (Å²) >= 11 is 0. The molecule has 1 aromatic carbocycles. The van der Waals surface area contributed by atoms with Crippen molar-refractivity contribution < 1.29 is 9.53 Å². The molecular formula is C16H13N3O2. The van der Waals surface area contributed by atoms with Crippen LogP contribution in [0.2, 0.25) is 0 Å². The monoisotopic (exact) mass is 279 g/mol. The van der Waals surface area contributed by atoms with Crippen molar-refractivity contribution in [1.82, 2.24) is 9.97 Å². The number of anilines is 1. The van der Waals surface area contributed by atoms with Gasteiger partial charge in [-0.3, -0.25) is 14.8 Å². The zero-order valence-corrected chi connectivity index (χ0v) is 11.4. The van der Waals surface area contributed by atoms with Crippen LogP contribution >= 0.6 is 0 Å². The molecule has 1 amide bonds. The van der Waals surface area contributed by atoms with Crippen LogP contribution < -0.4 is 10.1 Å². The van der Waals surface area contributed by atoms with Gasteiger partial charge in [0, 0.05) is 29.4 Å². The zero-order chi connectivity index (χ0) is 14.7. The van der Waals surface area contributed by atoms with Crippen LogP contribution in [0, 0.1) is 0 Å². The van der Waals surface area contributed by atoms with E-state index in [1.807, 2.05) is 24.3 Å². The first-order valence-corrected chi connectivity index (χ1v) is 6.41. The maximum absolute atomic E-state index is 12.1. The van der Waals surface area contributed by atoms with E-state index in [1.54, 1.807) is 37.8 Å². The number of methoxy groups -OCH3 is 1. The third-order valence-corrected chi connectivity index (χ3v) is 3.09. The first-order valence-electron chi connectivity index (χ1n) is 6.41. The average Bonchev–Trinajstić information content (AvgIpc) is 2.55. The molecular weight excluding hydrogens is 266 g/mol. The van der Waals surface area contributed by atoms with Crippen LogP contribution in [-0.2, 0) is 0 Å². The summed E-state index contributed by atoms with van der Waals surface area (Å²) in [4.78, 5) is 20.3. The molecule has 5 nitrogen and oxygen atoms in total. The summed E-state index contributed by atoms with van der Waals surface area (Å²) < 4.78 is 5.16. The van der Waals surface area contributed by atoms with E-state index < -0.39 is 0 Å². The number of rotatable bonds is 3. The van der Waals surface area contributed by atoms with Crippen LogP contribution in [0.3, 0.4) is 0 Å². The molecule has 3 aromatic rings. The third-order valence-electron chi connectivity index (χ3n) is 3.09. The van der Waals surface area contributed by atoms with E-state index >= 15 is 0 Å². The van der Waals surface area contributed by atoms with Crippen LogP contribution in [0.25, 0.3) is 10.9 Å². The summed E-state index contributed by atoms with van der Waals surface area (Å²) in [6, 6.07) is 10.8. The molecule has 0 unspecified atom stereocenters. The fourth-order valence-electron chi connectivity index (χ4n) is 2.00. The van der Waals surface area contributed by atoms with Gasteiger partial charge in [-0.2, -0.15) is 0 Å². The molecule has 2 heterocycles. The van der Waals surface area contributed by atoms with E-state index in [0.717, 1.165) is 16.7 Å². The molecule has 0 bridgehead atoms. The van der Waals surface area contributed by atoms with E-state index in [4.69, 9.17) is 4.74 Å². The number of carbonyl (C=O) groups excluding carboxylic acids is 1. The van der Waals surface area contributed by atoms with E-state index in [9.17, 15) is 4.79 Å². The Balaban J connectivity index is 1.86. The van der Waals surface area contributed by atoms with Crippen LogP contribution in [0.15, 0.2) is 55.0 Å². The Morgan fingerprint density at radius 2 is 1.95 bits per heavy atom. The van der Waals surface area contributed by atoms with Gasteiger partial charge in [0.05, 0.1) is 24.5 Å². The normalized spacial score (nSPS) is 10.3. The van der Waals surface area contributed by atoms with Crippen molar-refractivity contribution in [3.63, 3.8) is 0 Å². The number of ether oxygens (including phenoxy) is 1. The second-order valence-electron chi connectivity index (χ2n) is 4.47. The highest BCUT2D eigenvalue weighted by molar-refractivity contribution is 6.04. The summed E-state index contributed by atoms with van der Waals surface area (Å²) in [5.41, 5.74) is 2.02. The Bertz CT molecular complexity index is 788. The summed E-state index contributed by atoms with van der Waals surface area (Å²) in [5.74, 6) is 0.565. The van der Waals surface area contributed by atoms with Crippen molar-refractivity contribution in [3.8, 4) is 5.75 Å². The number of nitrogens with one attached hydrogen (secondary N) is 1. The second-order valence-corrected chi connectivity index (χ2v) is 4.47. The van der Waals surface area contributed by atoms with Crippen molar-refractivity contribution in [2.75, 3.05) is 12.4 Å². The predicted octanol–water partition coefficient (Wildman–Crippen LogP) is 2.89. The van der Waals surface area contributed by atoms with Crippen LogP contribution in [-0.4, -0.2) is 23.0 Å². The molecule has 0 atom stereocenters. The summed E-state index contributed by atoms with van der Waals surface area (Å²) in [6.07, 6.45) is 4.79. The number of amides is 1. The standard InChI is InChI=1S/C16H13N3O2/c1-21-14-3-2-12-8-13(10-18-15(12)9-14)19-16(20)11-4-6-17-7-5-11/h2-10H,1H3,(H,19,20). The number of hydrogen-bond acceptors (Lipinski definition) is 4. The maximum Gasteiger partial charge on any atom is 0.255 e. The Morgan fingerprint density at radius 1 is 1.14 bits per heavy atom. The van der Waals surface area contributed by atoms with E-state index in [1.165, 1.54) is 0 Å². The number of fused-ring (bicyclic) bond motifs is 1. The van der Waals surface area contributed by atoms with Gasteiger partial charge in [0.2, 0.25) is 0 Å². The lowest BCUT2D eigenvalue weighted by Gasteiger charge is -2.07. The molecule has 2 aromatic heterocycles. The first-order chi connectivity index (χ1) is 10.3. The second kappa shape index (κ2) is 5.58. The Labute approximate surface area is 121 Å². The number of hydrogen-bond donors (Lipinski definition) is 1. The minimum absolute atomic E-state index is 0.188. The van der Waals surface area contributed by atoms with Gasteiger partial charge in [-0.15, -0.1) is 0 Å². The number of carbonyl (C=O) groups is 1. The molecule has 0 saturated carbocycles. The smallest absolute Gasteiger partial charge is 0.255 e. The van der Waals surface area contributed by atoms with Gasteiger partial charge in [0.15, 0.2) is 0 Å². The molecule has 0 radical (unpaired) electrons. The zero-order valence-electron chi connectivity index (χ0n) is 11.4. The van der Waals surface area contributed by atoms with Gasteiger partial charge in [0.25, 0.3) is 5.91 Å². The quantitative estimate of drug-likeness (QED) is 0.800. The highest BCUT2D eigenvalue weighted by Crippen LogP contribution is 2.21. The highest BCUT2D eigenvalue weighted by atomic mass is 16.5. The van der Waals surface area contributed by atoms with E-state index in [2.05, 4.69) is 15.3 Å². The molecule has 1 N–H and O–H groups in total. The topological polar surface area (TPSA) is 64.1 Å². The molecule has 5 heteroatoms. The van der Waals surface area contributed by atoms with Crippen LogP contribution in [0.1, 0.15) is 10.4 Å². The highest BCUT2D eigenvalue weighted by Gasteiger charge is 2.06. The number of benzene rings is 1. The van der Waals surface area contributed by atoms with Gasteiger partial charge < -0.3 is 10.1 Å². The predicted molar refractivity (Wildman–Crippen MR) is 80.5 cm³/mol. The Kier molecular flexibility index (Phi) is 3.47. The Morgan fingerprint density at radius 3 is 2.71 bits per heavy atom. The average molecular weight is 279 g/mol. The van der Waals surface area contributed by atoms with E-state index in [0.29, 0.717) is 11.3 Å². The van der Waals surface area contributed by atoms with Gasteiger partial charge in [0.1, 0.15) is 5.75 Å². The van der Waals surface area contributed by atoms with Gasteiger partial charge in [-0.1, -0.05) is 0 Å².